The highest BCUT2D eigenvalue weighted by molar-refractivity contribution is 7.20. The molecule has 1 aromatic carbocycles. The molecule has 0 aliphatic rings. The van der Waals surface area contributed by atoms with Gasteiger partial charge in [-0.05, 0) is 12.1 Å². The molecule has 0 radical (unpaired) electrons. The van der Waals surface area contributed by atoms with Gasteiger partial charge in [-0.1, -0.05) is 29.0 Å². The van der Waals surface area contributed by atoms with Crippen LogP contribution in [0.3, 0.4) is 0 Å². The smallest absolute Gasteiger partial charge is 0.314 e. The fraction of sp³-hybridized carbons (Fsp3) is 0.105. The average Bonchev–Trinajstić information content (AvgIpc) is 3.29. The summed E-state index contributed by atoms with van der Waals surface area (Å²) in [6.45, 7) is 0. The van der Waals surface area contributed by atoms with Gasteiger partial charge in [-0.25, -0.2) is 9.97 Å². The first kappa shape index (κ1) is 20.6. The molecule has 0 saturated carbocycles. The Hall–Kier alpha value is -3.70. The van der Waals surface area contributed by atoms with Crippen LogP contribution in [0.15, 0.2) is 47.8 Å². The Labute approximate surface area is 184 Å². The van der Waals surface area contributed by atoms with Crippen molar-refractivity contribution in [3.05, 3.63) is 62.9 Å². The van der Waals surface area contributed by atoms with E-state index in [0.29, 0.717) is 32.1 Å². The molecule has 158 valence electrons. The van der Waals surface area contributed by atoms with E-state index in [1.165, 1.54) is 37.7 Å². The summed E-state index contributed by atoms with van der Waals surface area (Å²) in [6, 6.07) is 8.24. The number of thiazole rings is 1. The van der Waals surface area contributed by atoms with E-state index >= 15 is 0 Å². The number of imidazole rings is 1. The SMILES string of the molecule is COc1cc([N+](=O)[O-])c(OC)cc1-c1nc2sc(Cl)cn2c1/C=N\Nc1ccccn1. The molecule has 0 spiro atoms. The van der Waals surface area contributed by atoms with Gasteiger partial charge in [-0.15, -0.1) is 0 Å². The Morgan fingerprint density at radius 1 is 1.29 bits per heavy atom. The van der Waals surface area contributed by atoms with Gasteiger partial charge in [0.05, 0.1) is 37.1 Å². The van der Waals surface area contributed by atoms with Crippen LogP contribution in [0.25, 0.3) is 16.2 Å². The quantitative estimate of drug-likeness (QED) is 0.246. The van der Waals surface area contributed by atoms with Gasteiger partial charge < -0.3 is 9.47 Å². The molecule has 0 bridgehead atoms. The molecule has 10 nitrogen and oxygen atoms in total. The summed E-state index contributed by atoms with van der Waals surface area (Å²) >= 11 is 7.44. The fourth-order valence-corrected chi connectivity index (χ4v) is 3.98. The highest BCUT2D eigenvalue weighted by atomic mass is 35.5. The molecule has 3 aromatic heterocycles. The van der Waals surface area contributed by atoms with Crippen LogP contribution in [-0.4, -0.2) is 39.7 Å². The van der Waals surface area contributed by atoms with Crippen LogP contribution in [0.5, 0.6) is 11.5 Å². The molecule has 12 heteroatoms. The van der Waals surface area contributed by atoms with E-state index in [1.807, 2.05) is 6.07 Å². The van der Waals surface area contributed by atoms with E-state index in [-0.39, 0.29) is 17.2 Å². The summed E-state index contributed by atoms with van der Waals surface area (Å²) in [6.07, 6.45) is 4.93. The largest absolute Gasteiger partial charge is 0.496 e. The zero-order chi connectivity index (χ0) is 22.0. The number of nitrogens with one attached hydrogen (secondary N) is 1. The van der Waals surface area contributed by atoms with Crippen molar-refractivity contribution in [2.45, 2.75) is 0 Å². The molecule has 3 heterocycles. The first-order valence-corrected chi connectivity index (χ1v) is 9.99. The van der Waals surface area contributed by atoms with Crippen molar-refractivity contribution in [1.82, 2.24) is 14.4 Å². The Kier molecular flexibility index (Phi) is 5.69. The zero-order valence-corrected chi connectivity index (χ0v) is 17.8. The van der Waals surface area contributed by atoms with Gasteiger partial charge in [0.25, 0.3) is 0 Å². The second-order valence-electron chi connectivity index (χ2n) is 6.10. The zero-order valence-electron chi connectivity index (χ0n) is 16.3. The number of rotatable bonds is 7. The number of nitro benzene ring substituents is 1. The number of hydrogen-bond donors (Lipinski definition) is 1. The van der Waals surface area contributed by atoms with Crippen molar-refractivity contribution in [3.63, 3.8) is 0 Å². The molecule has 31 heavy (non-hydrogen) atoms. The van der Waals surface area contributed by atoms with Crippen molar-refractivity contribution in [2.75, 3.05) is 19.6 Å². The standard InChI is InChI=1S/C19H15ClN6O4S/c1-29-14-8-12(26(27)28)15(30-2)7-11(14)18-13(25-10-16(20)31-19(25)23-18)9-22-24-17-5-3-4-6-21-17/h3-10H,1-2H3,(H,21,24)/b22-9-. The third-order valence-electron chi connectivity index (χ3n) is 4.32. The minimum absolute atomic E-state index is 0.0877. The summed E-state index contributed by atoms with van der Waals surface area (Å²) in [7, 11) is 2.80. The van der Waals surface area contributed by atoms with Gasteiger partial charge in [0.15, 0.2) is 10.7 Å². The molecule has 0 fully saturated rings. The lowest BCUT2D eigenvalue weighted by Gasteiger charge is -2.10. The summed E-state index contributed by atoms with van der Waals surface area (Å²) < 4.78 is 13.0. The van der Waals surface area contributed by atoms with Crippen molar-refractivity contribution >= 4 is 45.6 Å². The van der Waals surface area contributed by atoms with E-state index in [1.54, 1.807) is 35.1 Å². The number of benzene rings is 1. The number of halogens is 1. The number of ether oxygens (including phenoxy) is 2. The van der Waals surface area contributed by atoms with Gasteiger partial charge in [0, 0.05) is 24.0 Å². The maximum absolute atomic E-state index is 11.4. The van der Waals surface area contributed by atoms with Crippen molar-refractivity contribution in [2.24, 2.45) is 5.10 Å². The normalized spacial score (nSPS) is 11.2. The number of nitrogens with zero attached hydrogens (tertiary/aromatic N) is 5. The van der Waals surface area contributed by atoms with Crippen LogP contribution in [0.4, 0.5) is 11.5 Å². The topological polar surface area (TPSA) is 116 Å². The number of anilines is 1. The van der Waals surface area contributed by atoms with Gasteiger partial charge >= 0.3 is 5.69 Å². The monoisotopic (exact) mass is 458 g/mol. The Morgan fingerprint density at radius 3 is 2.77 bits per heavy atom. The summed E-state index contributed by atoms with van der Waals surface area (Å²) in [5.41, 5.74) is 4.24. The molecule has 0 aliphatic heterocycles. The van der Waals surface area contributed by atoms with E-state index in [0.717, 1.165) is 0 Å². The van der Waals surface area contributed by atoms with E-state index in [9.17, 15) is 10.1 Å². The summed E-state index contributed by atoms with van der Waals surface area (Å²) in [5.74, 6) is 0.931. The predicted molar refractivity (Wildman–Crippen MR) is 119 cm³/mol. The van der Waals surface area contributed by atoms with Crippen LogP contribution in [0, 0.1) is 10.1 Å². The molecular weight excluding hydrogens is 444 g/mol. The molecule has 0 saturated heterocycles. The average molecular weight is 459 g/mol. The summed E-state index contributed by atoms with van der Waals surface area (Å²) in [4.78, 5) is 20.3. The Bertz CT molecular complexity index is 1290. The van der Waals surface area contributed by atoms with Gasteiger partial charge in [-0.2, -0.15) is 5.10 Å². The number of hydrogen-bond acceptors (Lipinski definition) is 9. The Balaban J connectivity index is 1.85. The Morgan fingerprint density at radius 2 is 2.10 bits per heavy atom. The second-order valence-corrected chi connectivity index (χ2v) is 7.74. The third-order valence-corrected chi connectivity index (χ3v) is 5.42. The van der Waals surface area contributed by atoms with Gasteiger partial charge in [0.1, 0.15) is 21.6 Å². The van der Waals surface area contributed by atoms with E-state index < -0.39 is 4.92 Å². The van der Waals surface area contributed by atoms with Gasteiger partial charge in [-0.3, -0.25) is 19.9 Å². The van der Waals surface area contributed by atoms with Crippen LogP contribution in [-0.2, 0) is 0 Å². The number of fused-ring (bicyclic) bond motifs is 1. The molecule has 0 amide bonds. The third kappa shape index (κ3) is 4.00. The van der Waals surface area contributed by atoms with E-state index in [4.69, 9.17) is 21.1 Å². The first-order valence-electron chi connectivity index (χ1n) is 8.80. The van der Waals surface area contributed by atoms with E-state index in [2.05, 4.69) is 20.5 Å². The molecule has 0 unspecified atom stereocenters. The second kappa shape index (κ2) is 8.58. The lowest BCUT2D eigenvalue weighted by Crippen LogP contribution is -2.00. The van der Waals surface area contributed by atoms with Crippen LogP contribution < -0.4 is 14.9 Å². The highest BCUT2D eigenvalue weighted by Gasteiger charge is 2.24. The molecule has 4 rings (SSSR count). The minimum atomic E-state index is -0.532. The fourth-order valence-electron chi connectivity index (χ4n) is 2.96. The van der Waals surface area contributed by atoms with Gasteiger partial charge in [0.2, 0.25) is 0 Å². The lowest BCUT2D eigenvalue weighted by atomic mass is 10.1. The number of hydrazone groups is 1. The highest BCUT2D eigenvalue weighted by Crippen LogP contribution is 2.41. The maximum atomic E-state index is 11.4. The van der Waals surface area contributed by atoms with Crippen molar-refractivity contribution in [3.8, 4) is 22.8 Å². The summed E-state index contributed by atoms with van der Waals surface area (Å²) in [5, 5.41) is 15.6. The molecular formula is C19H15ClN6O4S. The van der Waals surface area contributed by atoms with Crippen LogP contribution in [0.1, 0.15) is 5.69 Å². The number of aromatic nitrogens is 3. The first-order chi connectivity index (χ1) is 15.0. The molecule has 0 atom stereocenters. The minimum Gasteiger partial charge on any atom is -0.496 e. The number of methoxy groups -OCH3 is 2. The van der Waals surface area contributed by atoms with Crippen LogP contribution >= 0.6 is 22.9 Å². The van der Waals surface area contributed by atoms with Crippen molar-refractivity contribution in [1.29, 1.82) is 0 Å². The lowest BCUT2D eigenvalue weighted by molar-refractivity contribution is -0.385. The van der Waals surface area contributed by atoms with Crippen molar-refractivity contribution < 1.29 is 14.4 Å². The maximum Gasteiger partial charge on any atom is 0.314 e. The molecule has 1 N–H and O–H groups in total. The van der Waals surface area contributed by atoms with Crippen LogP contribution in [0.2, 0.25) is 4.34 Å². The number of pyridine rings is 1. The molecule has 0 aliphatic carbocycles. The predicted octanol–water partition coefficient (Wildman–Crippen LogP) is 4.48. The molecule has 4 aromatic rings. The number of nitro groups is 1.